The standard InChI is InChI=1S/C10H16N2S/c1-3-9(8-6-7(8)2)12-10-11-4-5-13-10/h4-5,7-9H,3,6H2,1-2H3,(H,11,12). The van der Waals surface area contributed by atoms with Gasteiger partial charge in [0.05, 0.1) is 0 Å². The highest BCUT2D eigenvalue weighted by Crippen LogP contribution is 2.42. The second-order valence-electron chi connectivity index (χ2n) is 3.87. The van der Waals surface area contributed by atoms with Gasteiger partial charge in [0.2, 0.25) is 0 Å². The third-order valence-electron chi connectivity index (χ3n) is 2.87. The molecule has 2 nitrogen and oxygen atoms in total. The molecule has 13 heavy (non-hydrogen) atoms. The minimum atomic E-state index is 0.640. The molecule has 0 amide bonds. The van der Waals surface area contributed by atoms with Crippen LogP contribution in [0.4, 0.5) is 5.13 Å². The number of nitrogens with one attached hydrogen (secondary N) is 1. The average molecular weight is 196 g/mol. The molecule has 72 valence electrons. The topological polar surface area (TPSA) is 24.9 Å². The van der Waals surface area contributed by atoms with Crippen molar-refractivity contribution in [2.45, 2.75) is 32.7 Å². The van der Waals surface area contributed by atoms with Crippen LogP contribution in [-0.2, 0) is 0 Å². The van der Waals surface area contributed by atoms with E-state index in [2.05, 4.69) is 24.1 Å². The Morgan fingerprint density at radius 1 is 1.77 bits per heavy atom. The van der Waals surface area contributed by atoms with Crippen molar-refractivity contribution in [3.8, 4) is 0 Å². The predicted octanol–water partition coefficient (Wildman–Crippen LogP) is 2.99. The zero-order valence-corrected chi connectivity index (χ0v) is 8.97. The zero-order chi connectivity index (χ0) is 9.26. The predicted molar refractivity (Wildman–Crippen MR) is 57.1 cm³/mol. The lowest BCUT2D eigenvalue weighted by Crippen LogP contribution is -2.21. The number of thiazole rings is 1. The summed E-state index contributed by atoms with van der Waals surface area (Å²) in [4.78, 5) is 4.25. The second kappa shape index (κ2) is 3.66. The average Bonchev–Trinajstić information content (AvgIpc) is 2.68. The molecule has 0 radical (unpaired) electrons. The molecular formula is C10H16N2S. The lowest BCUT2D eigenvalue weighted by molar-refractivity contribution is 0.582. The molecule has 2 rings (SSSR count). The van der Waals surface area contributed by atoms with Gasteiger partial charge < -0.3 is 5.32 Å². The Balaban J connectivity index is 1.91. The van der Waals surface area contributed by atoms with Gasteiger partial charge in [-0.25, -0.2) is 4.98 Å². The molecule has 0 spiro atoms. The highest BCUT2D eigenvalue weighted by atomic mass is 32.1. The van der Waals surface area contributed by atoms with E-state index in [4.69, 9.17) is 0 Å². The lowest BCUT2D eigenvalue weighted by atomic mass is 10.1. The van der Waals surface area contributed by atoms with E-state index >= 15 is 0 Å². The summed E-state index contributed by atoms with van der Waals surface area (Å²) >= 11 is 1.69. The number of anilines is 1. The van der Waals surface area contributed by atoms with Gasteiger partial charge in [0.1, 0.15) is 0 Å². The molecule has 1 saturated carbocycles. The van der Waals surface area contributed by atoms with Gasteiger partial charge in [-0.3, -0.25) is 0 Å². The third kappa shape index (κ3) is 2.02. The molecule has 1 fully saturated rings. The molecule has 1 N–H and O–H groups in total. The summed E-state index contributed by atoms with van der Waals surface area (Å²) in [5, 5.41) is 6.60. The first-order chi connectivity index (χ1) is 6.31. The summed E-state index contributed by atoms with van der Waals surface area (Å²) in [6.45, 7) is 4.58. The van der Waals surface area contributed by atoms with Crippen LogP contribution in [0.3, 0.4) is 0 Å². The quantitative estimate of drug-likeness (QED) is 0.800. The van der Waals surface area contributed by atoms with E-state index in [1.54, 1.807) is 11.3 Å². The monoisotopic (exact) mass is 196 g/mol. The van der Waals surface area contributed by atoms with E-state index in [0.717, 1.165) is 17.0 Å². The second-order valence-corrected chi connectivity index (χ2v) is 4.77. The van der Waals surface area contributed by atoms with Crippen LogP contribution in [0.2, 0.25) is 0 Å². The van der Waals surface area contributed by atoms with Gasteiger partial charge in [-0.1, -0.05) is 13.8 Å². The highest BCUT2D eigenvalue weighted by Gasteiger charge is 2.38. The Kier molecular flexibility index (Phi) is 2.54. The third-order valence-corrected chi connectivity index (χ3v) is 3.57. The van der Waals surface area contributed by atoms with Gasteiger partial charge in [-0.2, -0.15) is 0 Å². The van der Waals surface area contributed by atoms with Gasteiger partial charge in [0, 0.05) is 17.6 Å². The number of nitrogens with zero attached hydrogens (tertiary/aromatic N) is 1. The van der Waals surface area contributed by atoms with Gasteiger partial charge in [0.15, 0.2) is 5.13 Å². The molecule has 1 aromatic heterocycles. The van der Waals surface area contributed by atoms with Gasteiger partial charge in [-0.05, 0) is 24.7 Å². The zero-order valence-electron chi connectivity index (χ0n) is 8.16. The van der Waals surface area contributed by atoms with E-state index in [1.165, 1.54) is 12.8 Å². The van der Waals surface area contributed by atoms with Gasteiger partial charge in [0.25, 0.3) is 0 Å². The first-order valence-corrected chi connectivity index (χ1v) is 5.85. The van der Waals surface area contributed by atoms with Crippen molar-refractivity contribution in [2.24, 2.45) is 11.8 Å². The summed E-state index contributed by atoms with van der Waals surface area (Å²) in [7, 11) is 0. The molecule has 1 aliphatic carbocycles. The normalized spacial score (nSPS) is 28.5. The largest absolute Gasteiger partial charge is 0.359 e. The van der Waals surface area contributed by atoms with E-state index in [-0.39, 0.29) is 0 Å². The van der Waals surface area contributed by atoms with Crippen LogP contribution >= 0.6 is 11.3 Å². The first kappa shape index (κ1) is 9.00. The molecule has 0 bridgehead atoms. The van der Waals surface area contributed by atoms with Gasteiger partial charge >= 0.3 is 0 Å². The molecule has 1 aliphatic rings. The van der Waals surface area contributed by atoms with E-state index in [1.807, 2.05) is 11.6 Å². The summed E-state index contributed by atoms with van der Waals surface area (Å²) in [5.41, 5.74) is 0. The highest BCUT2D eigenvalue weighted by molar-refractivity contribution is 7.13. The fraction of sp³-hybridized carbons (Fsp3) is 0.700. The Hall–Kier alpha value is -0.570. The van der Waals surface area contributed by atoms with Crippen LogP contribution in [0.5, 0.6) is 0 Å². The van der Waals surface area contributed by atoms with Crippen LogP contribution in [0.15, 0.2) is 11.6 Å². The summed E-state index contributed by atoms with van der Waals surface area (Å²) < 4.78 is 0. The Morgan fingerprint density at radius 2 is 2.54 bits per heavy atom. The molecule has 3 atom stereocenters. The van der Waals surface area contributed by atoms with Crippen molar-refractivity contribution in [2.75, 3.05) is 5.32 Å². The van der Waals surface area contributed by atoms with Crippen molar-refractivity contribution in [3.63, 3.8) is 0 Å². The van der Waals surface area contributed by atoms with Crippen molar-refractivity contribution >= 4 is 16.5 Å². The first-order valence-electron chi connectivity index (χ1n) is 4.97. The fourth-order valence-electron chi connectivity index (χ4n) is 1.88. The Labute approximate surface area is 83.4 Å². The molecule has 0 saturated heterocycles. The maximum absolute atomic E-state index is 4.25. The minimum Gasteiger partial charge on any atom is -0.359 e. The Morgan fingerprint density at radius 3 is 3.00 bits per heavy atom. The maximum atomic E-state index is 4.25. The molecule has 1 aromatic rings. The lowest BCUT2D eigenvalue weighted by Gasteiger charge is -2.15. The van der Waals surface area contributed by atoms with Crippen molar-refractivity contribution < 1.29 is 0 Å². The van der Waals surface area contributed by atoms with Crippen molar-refractivity contribution in [1.29, 1.82) is 0 Å². The molecule has 0 aromatic carbocycles. The summed E-state index contributed by atoms with van der Waals surface area (Å²) in [6, 6.07) is 0.640. The fourth-order valence-corrected chi connectivity index (χ4v) is 2.47. The van der Waals surface area contributed by atoms with Gasteiger partial charge in [-0.15, -0.1) is 11.3 Å². The molecule has 0 aliphatic heterocycles. The summed E-state index contributed by atoms with van der Waals surface area (Å²) in [6.07, 6.45) is 4.45. The van der Waals surface area contributed by atoms with E-state index in [0.29, 0.717) is 6.04 Å². The summed E-state index contributed by atoms with van der Waals surface area (Å²) in [5.74, 6) is 1.80. The molecule has 3 unspecified atom stereocenters. The maximum Gasteiger partial charge on any atom is 0.182 e. The van der Waals surface area contributed by atoms with Crippen molar-refractivity contribution in [3.05, 3.63) is 11.6 Å². The SMILES string of the molecule is CCC(Nc1nccs1)C1CC1C. The van der Waals surface area contributed by atoms with E-state index < -0.39 is 0 Å². The van der Waals surface area contributed by atoms with Crippen LogP contribution < -0.4 is 5.32 Å². The Bertz CT molecular complexity index is 258. The van der Waals surface area contributed by atoms with Crippen LogP contribution in [0.25, 0.3) is 0 Å². The van der Waals surface area contributed by atoms with Crippen molar-refractivity contribution in [1.82, 2.24) is 4.98 Å². The van der Waals surface area contributed by atoms with Crippen LogP contribution in [0.1, 0.15) is 26.7 Å². The number of hydrogen-bond donors (Lipinski definition) is 1. The smallest absolute Gasteiger partial charge is 0.182 e. The minimum absolute atomic E-state index is 0.640. The van der Waals surface area contributed by atoms with Crippen LogP contribution in [0, 0.1) is 11.8 Å². The van der Waals surface area contributed by atoms with E-state index in [9.17, 15) is 0 Å². The molecular weight excluding hydrogens is 180 g/mol. The number of rotatable bonds is 4. The molecule has 1 heterocycles. The number of aromatic nitrogens is 1. The van der Waals surface area contributed by atoms with Crippen LogP contribution in [-0.4, -0.2) is 11.0 Å². The molecule has 3 heteroatoms. The number of hydrogen-bond acceptors (Lipinski definition) is 3.